The largest absolute Gasteiger partial charge is 0.469 e. The fraction of sp³-hybridized carbons (Fsp3) is 0.467. The summed E-state index contributed by atoms with van der Waals surface area (Å²) in [6.45, 7) is 5.30. The second-order valence-electron chi connectivity index (χ2n) is 5.67. The molecule has 0 aromatic heterocycles. The predicted octanol–water partition coefficient (Wildman–Crippen LogP) is 2.90. The van der Waals surface area contributed by atoms with Crippen LogP contribution in [0.25, 0.3) is 0 Å². The molecule has 122 valence electrons. The number of anilines is 1. The van der Waals surface area contributed by atoms with Crippen LogP contribution in [0.15, 0.2) is 18.2 Å². The Kier molecular flexibility index (Phi) is 6.20. The average molecular weight is 329 g/mol. The fourth-order valence-electron chi connectivity index (χ4n) is 1.85. The molecular formula is C15H21ClN2O4. The monoisotopic (exact) mass is 328 g/mol. The van der Waals surface area contributed by atoms with E-state index in [4.69, 9.17) is 26.8 Å². The number of amides is 1. The number of benzene rings is 1. The van der Waals surface area contributed by atoms with Gasteiger partial charge in [-0.2, -0.15) is 0 Å². The second-order valence-corrected chi connectivity index (χ2v) is 6.11. The summed E-state index contributed by atoms with van der Waals surface area (Å²) in [5.41, 5.74) is 5.88. The number of esters is 1. The molecule has 0 saturated carbocycles. The summed E-state index contributed by atoms with van der Waals surface area (Å²) in [5.74, 6) is -1.19. The number of hydrogen-bond donors (Lipinski definition) is 2. The molecule has 7 heteroatoms. The van der Waals surface area contributed by atoms with Gasteiger partial charge < -0.3 is 15.2 Å². The Hall–Kier alpha value is -1.79. The Bertz CT molecular complexity index is 555. The molecule has 0 saturated heterocycles. The van der Waals surface area contributed by atoms with Crippen molar-refractivity contribution in [3.63, 3.8) is 0 Å². The van der Waals surface area contributed by atoms with E-state index in [-0.39, 0.29) is 6.54 Å². The van der Waals surface area contributed by atoms with Crippen LogP contribution in [0, 0.1) is 0 Å². The van der Waals surface area contributed by atoms with E-state index in [1.165, 1.54) is 13.2 Å². The SMILES string of the molecule is COC(=O)C(CN)c1ccc(Cl)cc1NC(=O)OC(C)(C)C. The lowest BCUT2D eigenvalue weighted by atomic mass is 9.97. The van der Waals surface area contributed by atoms with E-state index in [0.717, 1.165) is 0 Å². The zero-order chi connectivity index (χ0) is 16.9. The average Bonchev–Trinajstić information content (AvgIpc) is 2.39. The topological polar surface area (TPSA) is 90.6 Å². The Morgan fingerprint density at radius 3 is 2.50 bits per heavy atom. The smallest absolute Gasteiger partial charge is 0.412 e. The first-order chi connectivity index (χ1) is 10.2. The highest BCUT2D eigenvalue weighted by molar-refractivity contribution is 6.31. The zero-order valence-electron chi connectivity index (χ0n) is 13.1. The number of ether oxygens (including phenoxy) is 2. The molecule has 0 heterocycles. The van der Waals surface area contributed by atoms with Gasteiger partial charge in [-0.25, -0.2) is 4.79 Å². The first-order valence-electron chi connectivity index (χ1n) is 6.75. The molecule has 1 rings (SSSR count). The van der Waals surface area contributed by atoms with Crippen molar-refractivity contribution in [3.05, 3.63) is 28.8 Å². The van der Waals surface area contributed by atoms with Gasteiger partial charge in [0.05, 0.1) is 13.0 Å². The van der Waals surface area contributed by atoms with Crippen molar-refractivity contribution >= 4 is 29.4 Å². The molecule has 3 N–H and O–H groups in total. The number of hydrogen-bond acceptors (Lipinski definition) is 5. The van der Waals surface area contributed by atoms with Crippen LogP contribution in [0.2, 0.25) is 5.02 Å². The quantitative estimate of drug-likeness (QED) is 0.829. The van der Waals surface area contributed by atoms with Gasteiger partial charge in [0, 0.05) is 17.3 Å². The molecule has 6 nitrogen and oxygen atoms in total. The molecule has 1 aromatic carbocycles. The molecular weight excluding hydrogens is 308 g/mol. The number of methoxy groups -OCH3 is 1. The van der Waals surface area contributed by atoms with Gasteiger partial charge in [0.25, 0.3) is 0 Å². The summed E-state index contributed by atoms with van der Waals surface area (Å²) in [5, 5.41) is 3.01. The first kappa shape index (κ1) is 18.3. The van der Waals surface area contributed by atoms with Crippen LogP contribution in [0.5, 0.6) is 0 Å². The molecule has 0 spiro atoms. The van der Waals surface area contributed by atoms with Crippen LogP contribution >= 0.6 is 11.6 Å². The van der Waals surface area contributed by atoms with Crippen LogP contribution in [-0.4, -0.2) is 31.3 Å². The molecule has 1 unspecified atom stereocenters. The van der Waals surface area contributed by atoms with E-state index in [9.17, 15) is 9.59 Å². The summed E-state index contributed by atoms with van der Waals surface area (Å²) in [4.78, 5) is 23.7. The molecule has 1 aromatic rings. The number of nitrogens with one attached hydrogen (secondary N) is 1. The minimum absolute atomic E-state index is 0.0390. The van der Waals surface area contributed by atoms with E-state index < -0.39 is 23.6 Å². The lowest BCUT2D eigenvalue weighted by Gasteiger charge is -2.22. The van der Waals surface area contributed by atoms with Crippen LogP contribution in [0.3, 0.4) is 0 Å². The van der Waals surface area contributed by atoms with Gasteiger partial charge in [-0.15, -0.1) is 0 Å². The molecule has 0 aliphatic heterocycles. The van der Waals surface area contributed by atoms with Crippen molar-refractivity contribution in [1.82, 2.24) is 0 Å². The molecule has 0 aliphatic carbocycles. The molecule has 1 amide bonds. The van der Waals surface area contributed by atoms with Gasteiger partial charge in [-0.3, -0.25) is 10.1 Å². The number of carbonyl (C=O) groups excluding carboxylic acids is 2. The first-order valence-corrected chi connectivity index (χ1v) is 7.13. The summed E-state index contributed by atoms with van der Waals surface area (Å²) in [6.07, 6.45) is -0.642. The van der Waals surface area contributed by atoms with Crippen LogP contribution < -0.4 is 11.1 Å². The minimum atomic E-state index is -0.702. The van der Waals surface area contributed by atoms with E-state index >= 15 is 0 Å². The summed E-state index contributed by atoms with van der Waals surface area (Å²) < 4.78 is 9.93. The standard InChI is InChI=1S/C15H21ClN2O4/c1-15(2,3)22-14(20)18-12-7-9(16)5-6-10(12)11(8-17)13(19)21-4/h5-7,11H,8,17H2,1-4H3,(H,18,20). The third kappa shape index (κ3) is 5.20. The molecule has 22 heavy (non-hydrogen) atoms. The molecule has 0 radical (unpaired) electrons. The van der Waals surface area contributed by atoms with Crippen molar-refractivity contribution in [1.29, 1.82) is 0 Å². The summed E-state index contributed by atoms with van der Waals surface area (Å²) in [6, 6.07) is 4.78. The van der Waals surface area contributed by atoms with Crippen molar-refractivity contribution in [2.75, 3.05) is 19.0 Å². The number of rotatable bonds is 4. The minimum Gasteiger partial charge on any atom is -0.469 e. The second kappa shape index (κ2) is 7.47. The van der Waals surface area contributed by atoms with Gasteiger partial charge in [0.2, 0.25) is 0 Å². The Morgan fingerprint density at radius 2 is 2.00 bits per heavy atom. The zero-order valence-corrected chi connectivity index (χ0v) is 13.9. The molecule has 0 bridgehead atoms. The summed E-state index contributed by atoms with van der Waals surface area (Å²) in [7, 11) is 1.28. The van der Waals surface area contributed by atoms with E-state index in [1.807, 2.05) is 0 Å². The maximum atomic E-state index is 11.9. The highest BCUT2D eigenvalue weighted by atomic mass is 35.5. The highest BCUT2D eigenvalue weighted by Crippen LogP contribution is 2.28. The van der Waals surface area contributed by atoms with E-state index in [1.54, 1.807) is 32.9 Å². The molecule has 1 atom stereocenters. The summed E-state index contributed by atoms with van der Waals surface area (Å²) >= 11 is 5.96. The van der Waals surface area contributed by atoms with Gasteiger partial charge in [0.15, 0.2) is 0 Å². The Labute approximate surface area is 134 Å². The molecule has 0 fully saturated rings. The molecule has 0 aliphatic rings. The fourth-order valence-corrected chi connectivity index (χ4v) is 2.02. The van der Waals surface area contributed by atoms with Crippen molar-refractivity contribution in [2.24, 2.45) is 5.73 Å². The van der Waals surface area contributed by atoms with E-state index in [2.05, 4.69) is 5.32 Å². The third-order valence-corrected chi connectivity index (χ3v) is 2.98. The van der Waals surface area contributed by atoms with Gasteiger partial charge in [-0.05, 0) is 38.5 Å². The third-order valence-electron chi connectivity index (χ3n) is 2.75. The maximum Gasteiger partial charge on any atom is 0.412 e. The van der Waals surface area contributed by atoms with Crippen LogP contribution in [0.1, 0.15) is 32.3 Å². The number of nitrogens with two attached hydrogens (primary N) is 1. The maximum absolute atomic E-state index is 11.9. The van der Waals surface area contributed by atoms with Gasteiger partial charge in [0.1, 0.15) is 5.60 Å². The van der Waals surface area contributed by atoms with E-state index in [0.29, 0.717) is 16.3 Å². The lowest BCUT2D eigenvalue weighted by Crippen LogP contribution is -2.29. The van der Waals surface area contributed by atoms with Crippen molar-refractivity contribution in [3.8, 4) is 0 Å². The van der Waals surface area contributed by atoms with Crippen LogP contribution in [0.4, 0.5) is 10.5 Å². The highest BCUT2D eigenvalue weighted by Gasteiger charge is 2.25. The van der Waals surface area contributed by atoms with Crippen molar-refractivity contribution in [2.45, 2.75) is 32.3 Å². The van der Waals surface area contributed by atoms with Gasteiger partial charge in [-0.1, -0.05) is 17.7 Å². The number of carbonyl (C=O) groups is 2. The predicted molar refractivity (Wildman–Crippen MR) is 85.1 cm³/mol. The lowest BCUT2D eigenvalue weighted by molar-refractivity contribution is -0.142. The number of halogens is 1. The van der Waals surface area contributed by atoms with Gasteiger partial charge >= 0.3 is 12.1 Å². The Balaban J connectivity index is 3.10. The van der Waals surface area contributed by atoms with Crippen LogP contribution in [-0.2, 0) is 14.3 Å². The Morgan fingerprint density at radius 1 is 1.36 bits per heavy atom. The normalized spacial score (nSPS) is 12.5. The van der Waals surface area contributed by atoms with Crippen molar-refractivity contribution < 1.29 is 19.1 Å².